The van der Waals surface area contributed by atoms with Gasteiger partial charge in [0.1, 0.15) is 16.7 Å². The maximum Gasteiger partial charge on any atom is 0.263 e. The standard InChI is InChI=1S/C25H34N4O4S.C17H15NO/c1-18-25(27-24(31)22-13-10-16-29(22)19(2)30)17-20(25)11-6-4-3-5-9-15-26-21-12-7-8-14-23(21)34(32,33)28-18;1-12-10-16(13-6-4-3-5-7-13)18-17-11-14(19-2)8-9-15(12)17/h6-8,11-12,14,20,22,26,28H,1,3-5,9-10,13,15-17H2,2H3,(H,27,31);3-11H,1-2H3/b11-6+;/t20?,22-,25-;/m0./s1. The van der Waals surface area contributed by atoms with Gasteiger partial charge in [-0.1, -0.05) is 67.6 Å². The van der Waals surface area contributed by atoms with Crippen LogP contribution in [-0.4, -0.2) is 61.9 Å². The Morgan fingerprint density at radius 1 is 1.00 bits per heavy atom. The number of carbonyl (C=O) groups excluding carboxylic acids is 2. The number of rotatable bonds is 4. The lowest BCUT2D eigenvalue weighted by Crippen LogP contribution is -2.52. The summed E-state index contributed by atoms with van der Waals surface area (Å²) in [7, 11) is -2.25. The third-order valence-electron chi connectivity index (χ3n) is 10.3. The molecule has 1 saturated heterocycles. The van der Waals surface area contributed by atoms with Gasteiger partial charge in [-0.2, -0.15) is 0 Å². The van der Waals surface area contributed by atoms with Gasteiger partial charge in [-0.15, -0.1) is 0 Å². The molecule has 0 radical (unpaired) electrons. The average molecular weight is 736 g/mol. The number of sulfonamides is 1. The molecule has 10 nitrogen and oxygen atoms in total. The van der Waals surface area contributed by atoms with Crippen molar-refractivity contribution in [3.8, 4) is 17.0 Å². The lowest BCUT2D eigenvalue weighted by molar-refractivity contribution is -0.137. The Bertz CT molecular complexity index is 2120. The molecule has 3 atom stereocenters. The second kappa shape index (κ2) is 16.2. The van der Waals surface area contributed by atoms with E-state index in [1.165, 1.54) is 17.9 Å². The van der Waals surface area contributed by atoms with Crippen LogP contribution in [0.2, 0.25) is 0 Å². The van der Waals surface area contributed by atoms with E-state index in [1.54, 1.807) is 36.3 Å². The van der Waals surface area contributed by atoms with Gasteiger partial charge in [0, 0.05) is 48.6 Å². The number of allylic oxidation sites excluding steroid dienone is 1. The molecule has 1 unspecified atom stereocenters. The van der Waals surface area contributed by atoms with E-state index in [2.05, 4.69) is 65.3 Å². The predicted molar refractivity (Wildman–Crippen MR) is 210 cm³/mol. The molecule has 53 heavy (non-hydrogen) atoms. The summed E-state index contributed by atoms with van der Waals surface area (Å²) < 4.78 is 34.6. The number of methoxy groups -OCH3 is 1. The van der Waals surface area contributed by atoms with Crippen LogP contribution in [0.3, 0.4) is 0 Å². The third kappa shape index (κ3) is 8.57. The molecule has 3 aliphatic rings. The van der Waals surface area contributed by atoms with Crippen LogP contribution >= 0.6 is 0 Å². The summed E-state index contributed by atoms with van der Waals surface area (Å²) in [6.45, 7) is 8.89. The minimum Gasteiger partial charge on any atom is -0.497 e. The number of hydrogen-bond donors (Lipinski definition) is 3. The average Bonchev–Trinajstić information content (AvgIpc) is 3.60. The Labute approximate surface area is 312 Å². The molecule has 1 aromatic heterocycles. The van der Waals surface area contributed by atoms with Crippen molar-refractivity contribution in [1.29, 1.82) is 0 Å². The maximum absolute atomic E-state index is 13.3. The van der Waals surface area contributed by atoms with Crippen molar-refractivity contribution in [3.63, 3.8) is 0 Å². The number of pyridine rings is 1. The summed E-state index contributed by atoms with van der Waals surface area (Å²) in [5.41, 5.74) is 4.21. The fourth-order valence-corrected chi connectivity index (χ4v) is 8.58. The van der Waals surface area contributed by atoms with E-state index in [1.807, 2.05) is 30.3 Å². The fourth-order valence-electron chi connectivity index (χ4n) is 7.27. The van der Waals surface area contributed by atoms with E-state index < -0.39 is 21.6 Å². The molecule has 3 aromatic carbocycles. The molecule has 1 aliphatic carbocycles. The highest BCUT2D eigenvalue weighted by molar-refractivity contribution is 7.89. The summed E-state index contributed by atoms with van der Waals surface area (Å²) in [6.07, 6.45) is 10.0. The lowest BCUT2D eigenvalue weighted by Gasteiger charge is -2.28. The van der Waals surface area contributed by atoms with Crippen LogP contribution in [0.15, 0.2) is 108 Å². The number of para-hydroxylation sites is 1. The van der Waals surface area contributed by atoms with Crippen molar-refractivity contribution >= 4 is 38.4 Å². The number of aromatic nitrogens is 1. The predicted octanol–water partition coefficient (Wildman–Crippen LogP) is 7.13. The Morgan fingerprint density at radius 3 is 2.55 bits per heavy atom. The summed E-state index contributed by atoms with van der Waals surface area (Å²) in [4.78, 5) is 31.7. The highest BCUT2D eigenvalue weighted by atomic mass is 32.2. The molecule has 278 valence electrons. The van der Waals surface area contributed by atoms with Crippen molar-refractivity contribution in [2.24, 2.45) is 5.92 Å². The Kier molecular flexibility index (Phi) is 11.5. The number of aryl methyl sites for hydroxylation is 1. The zero-order chi connectivity index (χ0) is 37.6. The van der Waals surface area contributed by atoms with Crippen molar-refractivity contribution in [2.75, 3.05) is 25.5 Å². The number of anilines is 1. The van der Waals surface area contributed by atoms with Gasteiger partial charge < -0.3 is 20.3 Å². The van der Waals surface area contributed by atoms with Crippen LogP contribution in [0.25, 0.3) is 22.2 Å². The molecule has 2 fully saturated rings. The number of fused-ring (bicyclic) bond motifs is 3. The third-order valence-corrected chi connectivity index (χ3v) is 11.8. The number of likely N-dealkylation sites (tertiary alicyclic amines) is 1. The zero-order valence-corrected chi connectivity index (χ0v) is 31.5. The van der Waals surface area contributed by atoms with Crippen molar-refractivity contribution in [3.05, 3.63) is 109 Å². The number of amides is 2. The number of nitrogens with one attached hydrogen (secondary N) is 3. The van der Waals surface area contributed by atoms with Crippen LogP contribution in [-0.2, 0) is 19.6 Å². The molecule has 1 saturated carbocycles. The summed E-state index contributed by atoms with van der Waals surface area (Å²) in [5.74, 6) is 0.388. The molecule has 3 N–H and O–H groups in total. The molecule has 2 amide bonds. The molecule has 0 bridgehead atoms. The molecule has 11 heteroatoms. The number of nitrogens with zero attached hydrogens (tertiary/aromatic N) is 2. The Hall–Kier alpha value is -5.16. The van der Waals surface area contributed by atoms with E-state index in [0.29, 0.717) is 31.6 Å². The van der Waals surface area contributed by atoms with Gasteiger partial charge in [0.2, 0.25) is 11.8 Å². The largest absolute Gasteiger partial charge is 0.497 e. The topological polar surface area (TPSA) is 130 Å². The molecule has 7 rings (SSSR count). The first-order valence-corrected chi connectivity index (χ1v) is 19.8. The minimum atomic E-state index is -3.92. The van der Waals surface area contributed by atoms with E-state index in [0.717, 1.165) is 54.6 Å². The monoisotopic (exact) mass is 735 g/mol. The number of ether oxygens (including phenoxy) is 1. The van der Waals surface area contributed by atoms with Crippen LogP contribution in [0, 0.1) is 12.8 Å². The van der Waals surface area contributed by atoms with Gasteiger partial charge >= 0.3 is 0 Å². The number of hydrogen-bond acceptors (Lipinski definition) is 7. The van der Waals surface area contributed by atoms with Gasteiger partial charge in [0.15, 0.2) is 0 Å². The molecular weight excluding hydrogens is 687 g/mol. The van der Waals surface area contributed by atoms with Gasteiger partial charge in [-0.05, 0) is 81.3 Å². The quantitative estimate of drug-likeness (QED) is 0.190. The Morgan fingerprint density at radius 2 is 1.77 bits per heavy atom. The Balaban J connectivity index is 0.000000213. The molecule has 3 heterocycles. The van der Waals surface area contributed by atoms with Crippen LogP contribution in [0.5, 0.6) is 5.75 Å². The second-order valence-electron chi connectivity index (χ2n) is 14.0. The minimum absolute atomic E-state index is 0.0580. The zero-order valence-electron chi connectivity index (χ0n) is 30.7. The lowest BCUT2D eigenvalue weighted by atomic mass is 10.1. The SMILES string of the molecule is C=C1NS(=O)(=O)c2ccccc2NCCCCC/C=C/C2C[C@]12NC(=O)[C@@H]1CCCN1C(C)=O.COc1ccc2c(C)cc(-c3ccccc3)nc2c1. The summed E-state index contributed by atoms with van der Waals surface area (Å²) >= 11 is 0. The van der Waals surface area contributed by atoms with Crippen LogP contribution in [0.4, 0.5) is 5.69 Å². The maximum atomic E-state index is 13.3. The smallest absolute Gasteiger partial charge is 0.263 e. The molecule has 4 aromatic rings. The van der Waals surface area contributed by atoms with Crippen molar-refractivity contribution < 1.29 is 22.7 Å². The van der Waals surface area contributed by atoms with Crippen LogP contribution < -0.4 is 20.1 Å². The van der Waals surface area contributed by atoms with E-state index in [9.17, 15) is 18.0 Å². The highest BCUT2D eigenvalue weighted by Gasteiger charge is 2.57. The van der Waals surface area contributed by atoms with Crippen molar-refractivity contribution in [2.45, 2.75) is 75.3 Å². The van der Waals surface area contributed by atoms with E-state index in [4.69, 9.17) is 9.72 Å². The van der Waals surface area contributed by atoms with Gasteiger partial charge in [-0.25, -0.2) is 13.4 Å². The van der Waals surface area contributed by atoms with E-state index >= 15 is 0 Å². The fraction of sp³-hybridized carbons (Fsp3) is 0.357. The highest BCUT2D eigenvalue weighted by Crippen LogP contribution is 2.49. The number of carbonyl (C=O) groups is 2. The van der Waals surface area contributed by atoms with Crippen LogP contribution in [0.1, 0.15) is 57.4 Å². The summed E-state index contributed by atoms with van der Waals surface area (Å²) in [6, 6.07) is 24.6. The molecule has 0 spiro atoms. The van der Waals surface area contributed by atoms with Gasteiger partial charge in [0.05, 0.1) is 29.5 Å². The molecule has 2 aliphatic heterocycles. The first-order valence-electron chi connectivity index (χ1n) is 18.3. The van der Waals surface area contributed by atoms with Gasteiger partial charge in [-0.3, -0.25) is 14.3 Å². The first kappa shape index (κ1) is 37.6. The molecular formula is C42H49N5O5S. The van der Waals surface area contributed by atoms with Gasteiger partial charge in [0.25, 0.3) is 10.0 Å². The second-order valence-corrected chi connectivity index (χ2v) is 15.7. The first-order chi connectivity index (χ1) is 25.5. The van der Waals surface area contributed by atoms with Crippen molar-refractivity contribution in [1.82, 2.24) is 19.9 Å². The van der Waals surface area contributed by atoms with E-state index in [-0.39, 0.29) is 28.3 Å². The number of benzene rings is 3. The normalized spacial score (nSPS) is 22.9. The summed E-state index contributed by atoms with van der Waals surface area (Å²) in [5, 5.41) is 7.49.